The van der Waals surface area contributed by atoms with Crippen molar-refractivity contribution >= 4 is 35.0 Å². The lowest BCUT2D eigenvalue weighted by Crippen LogP contribution is -2.30. The summed E-state index contributed by atoms with van der Waals surface area (Å²) in [5, 5.41) is 16.2. The number of hydrogen-bond acceptors (Lipinski definition) is 4. The van der Waals surface area contributed by atoms with Crippen LogP contribution >= 0.6 is 23.4 Å². The second-order valence-corrected chi connectivity index (χ2v) is 6.17. The van der Waals surface area contributed by atoms with Gasteiger partial charge in [0, 0.05) is 10.9 Å². The van der Waals surface area contributed by atoms with E-state index in [1.165, 1.54) is 6.07 Å². The highest BCUT2D eigenvalue weighted by atomic mass is 35.5. The van der Waals surface area contributed by atoms with Crippen molar-refractivity contribution in [3.05, 3.63) is 23.2 Å². The van der Waals surface area contributed by atoms with Crippen molar-refractivity contribution in [2.24, 2.45) is 0 Å². The number of thioether (sulfide) groups is 1. The topological polar surface area (TPSA) is 61.4 Å². The SMILES string of the molecule is O=C(CSC1CCNCC1)Nc1ccc(O)c(Cl)c1. The van der Waals surface area contributed by atoms with Crippen LogP contribution in [0.25, 0.3) is 0 Å². The van der Waals surface area contributed by atoms with E-state index in [0.717, 1.165) is 25.9 Å². The molecule has 1 fully saturated rings. The third kappa shape index (κ3) is 4.60. The molecule has 1 aliphatic heterocycles. The number of rotatable bonds is 4. The van der Waals surface area contributed by atoms with Crippen LogP contribution in [0.2, 0.25) is 5.02 Å². The molecule has 0 aliphatic carbocycles. The molecule has 4 nitrogen and oxygen atoms in total. The maximum atomic E-state index is 11.8. The molecule has 1 saturated heterocycles. The van der Waals surface area contributed by atoms with E-state index in [2.05, 4.69) is 10.6 Å². The van der Waals surface area contributed by atoms with Crippen molar-refractivity contribution < 1.29 is 9.90 Å². The smallest absolute Gasteiger partial charge is 0.234 e. The number of halogens is 1. The van der Waals surface area contributed by atoms with Crippen LogP contribution in [0.5, 0.6) is 5.75 Å². The average molecular weight is 301 g/mol. The van der Waals surface area contributed by atoms with Gasteiger partial charge in [-0.15, -0.1) is 11.8 Å². The van der Waals surface area contributed by atoms with Crippen molar-refractivity contribution in [2.75, 3.05) is 24.2 Å². The van der Waals surface area contributed by atoms with E-state index in [0.29, 0.717) is 16.7 Å². The van der Waals surface area contributed by atoms with Gasteiger partial charge in [0.15, 0.2) is 0 Å². The second-order valence-electron chi connectivity index (χ2n) is 4.47. The highest BCUT2D eigenvalue weighted by Gasteiger charge is 2.15. The van der Waals surface area contributed by atoms with Crippen molar-refractivity contribution in [3.8, 4) is 5.75 Å². The van der Waals surface area contributed by atoms with Gasteiger partial charge in [0.1, 0.15) is 5.75 Å². The summed E-state index contributed by atoms with van der Waals surface area (Å²) in [6.07, 6.45) is 2.23. The fraction of sp³-hybridized carbons (Fsp3) is 0.462. The van der Waals surface area contributed by atoms with Crippen LogP contribution in [0.3, 0.4) is 0 Å². The molecule has 1 aromatic carbocycles. The molecule has 1 amide bonds. The van der Waals surface area contributed by atoms with Crippen molar-refractivity contribution in [1.82, 2.24) is 5.32 Å². The Hall–Kier alpha value is -0.910. The minimum atomic E-state index is -0.0368. The molecule has 1 aromatic rings. The van der Waals surface area contributed by atoms with Gasteiger partial charge in [-0.2, -0.15) is 0 Å². The summed E-state index contributed by atoms with van der Waals surface area (Å²) in [6.45, 7) is 2.07. The average Bonchev–Trinajstić information content (AvgIpc) is 2.42. The molecular weight excluding hydrogens is 284 g/mol. The lowest BCUT2D eigenvalue weighted by molar-refractivity contribution is -0.113. The number of hydrogen-bond donors (Lipinski definition) is 3. The van der Waals surface area contributed by atoms with E-state index in [4.69, 9.17) is 11.6 Å². The Morgan fingerprint density at radius 3 is 2.89 bits per heavy atom. The summed E-state index contributed by atoms with van der Waals surface area (Å²) < 4.78 is 0. The number of carbonyl (C=O) groups excluding carboxylic acids is 1. The number of amides is 1. The maximum Gasteiger partial charge on any atom is 0.234 e. The van der Waals surface area contributed by atoms with E-state index in [9.17, 15) is 9.90 Å². The van der Waals surface area contributed by atoms with Gasteiger partial charge in [-0.1, -0.05) is 11.6 Å². The summed E-state index contributed by atoms with van der Waals surface area (Å²) >= 11 is 7.48. The first-order chi connectivity index (χ1) is 9.15. The lowest BCUT2D eigenvalue weighted by atomic mass is 10.2. The Morgan fingerprint density at radius 2 is 2.21 bits per heavy atom. The summed E-state index contributed by atoms with van der Waals surface area (Å²) in [5.41, 5.74) is 0.610. The van der Waals surface area contributed by atoms with Crippen LogP contribution in [0.1, 0.15) is 12.8 Å². The molecule has 104 valence electrons. The first kappa shape index (κ1) is 14.5. The third-order valence-electron chi connectivity index (χ3n) is 2.97. The molecule has 0 atom stereocenters. The molecule has 1 heterocycles. The molecule has 3 N–H and O–H groups in total. The summed E-state index contributed by atoms with van der Waals surface area (Å²) in [6, 6.07) is 4.65. The van der Waals surface area contributed by atoms with Crippen LogP contribution in [0.4, 0.5) is 5.69 Å². The van der Waals surface area contributed by atoms with Gasteiger partial charge in [0.05, 0.1) is 10.8 Å². The number of aromatic hydroxyl groups is 1. The fourth-order valence-electron chi connectivity index (χ4n) is 1.94. The summed E-state index contributed by atoms with van der Waals surface area (Å²) in [7, 11) is 0. The van der Waals surface area contributed by atoms with Gasteiger partial charge in [0.2, 0.25) is 5.91 Å². The normalized spacial score (nSPS) is 16.3. The fourth-order valence-corrected chi connectivity index (χ4v) is 3.15. The monoisotopic (exact) mass is 300 g/mol. The number of phenols is 1. The van der Waals surface area contributed by atoms with E-state index in [1.807, 2.05) is 0 Å². The van der Waals surface area contributed by atoms with Gasteiger partial charge in [0.25, 0.3) is 0 Å². The molecule has 0 unspecified atom stereocenters. The lowest BCUT2D eigenvalue weighted by Gasteiger charge is -2.21. The number of carbonyl (C=O) groups is 1. The number of nitrogens with one attached hydrogen (secondary N) is 2. The van der Waals surface area contributed by atoms with Gasteiger partial charge < -0.3 is 15.7 Å². The number of benzene rings is 1. The first-order valence-electron chi connectivity index (χ1n) is 6.26. The zero-order chi connectivity index (χ0) is 13.7. The van der Waals surface area contributed by atoms with E-state index in [1.54, 1.807) is 23.9 Å². The second kappa shape index (κ2) is 7.03. The predicted octanol–water partition coefficient (Wildman–Crippen LogP) is 2.47. The van der Waals surface area contributed by atoms with Gasteiger partial charge in [-0.05, 0) is 44.1 Å². The van der Waals surface area contributed by atoms with E-state index >= 15 is 0 Å². The van der Waals surface area contributed by atoms with Crippen LogP contribution in [0, 0.1) is 0 Å². The van der Waals surface area contributed by atoms with Crippen molar-refractivity contribution in [2.45, 2.75) is 18.1 Å². The molecule has 19 heavy (non-hydrogen) atoms. The minimum Gasteiger partial charge on any atom is -0.506 e. The molecule has 0 spiro atoms. The number of piperidine rings is 1. The molecule has 0 bridgehead atoms. The first-order valence-corrected chi connectivity index (χ1v) is 7.68. The van der Waals surface area contributed by atoms with Crippen molar-refractivity contribution in [1.29, 1.82) is 0 Å². The largest absolute Gasteiger partial charge is 0.506 e. The zero-order valence-corrected chi connectivity index (χ0v) is 12.1. The van der Waals surface area contributed by atoms with Crippen molar-refractivity contribution in [3.63, 3.8) is 0 Å². The Labute approximate surface area is 121 Å². The Kier molecular flexibility index (Phi) is 5.36. The summed E-state index contributed by atoms with van der Waals surface area (Å²) in [4.78, 5) is 11.8. The molecule has 0 radical (unpaired) electrons. The standard InChI is InChI=1S/C13H17ClN2O2S/c14-11-7-9(1-2-12(11)17)16-13(18)8-19-10-3-5-15-6-4-10/h1-2,7,10,15,17H,3-6,8H2,(H,16,18). The Bertz CT molecular complexity index is 450. The minimum absolute atomic E-state index is 0.0174. The maximum absolute atomic E-state index is 11.8. The molecule has 0 saturated carbocycles. The molecule has 1 aliphatic rings. The molecular formula is C13H17ClN2O2S. The highest BCUT2D eigenvalue weighted by molar-refractivity contribution is 8.00. The van der Waals surface area contributed by atoms with Gasteiger partial charge >= 0.3 is 0 Å². The van der Waals surface area contributed by atoms with Crippen LogP contribution in [-0.4, -0.2) is 35.1 Å². The van der Waals surface area contributed by atoms with Gasteiger partial charge in [-0.25, -0.2) is 0 Å². The highest BCUT2D eigenvalue weighted by Crippen LogP contribution is 2.26. The molecule has 6 heteroatoms. The third-order valence-corrected chi connectivity index (χ3v) is 4.64. The zero-order valence-electron chi connectivity index (χ0n) is 10.5. The van der Waals surface area contributed by atoms with E-state index < -0.39 is 0 Å². The quantitative estimate of drug-likeness (QED) is 0.748. The van der Waals surface area contributed by atoms with Crippen LogP contribution in [0.15, 0.2) is 18.2 Å². The van der Waals surface area contributed by atoms with E-state index in [-0.39, 0.29) is 16.7 Å². The van der Waals surface area contributed by atoms with Gasteiger partial charge in [-0.3, -0.25) is 4.79 Å². The number of anilines is 1. The van der Waals surface area contributed by atoms with Crippen LogP contribution in [-0.2, 0) is 4.79 Å². The Morgan fingerprint density at radius 1 is 1.47 bits per heavy atom. The van der Waals surface area contributed by atoms with Crippen LogP contribution < -0.4 is 10.6 Å². The Balaban J connectivity index is 1.78. The molecule has 2 rings (SSSR count). The molecule has 0 aromatic heterocycles. The number of phenolic OH excluding ortho intramolecular Hbond substituents is 1. The predicted molar refractivity (Wildman–Crippen MR) is 80.1 cm³/mol. The summed E-state index contributed by atoms with van der Waals surface area (Å²) in [5.74, 6) is 0.428.